The summed E-state index contributed by atoms with van der Waals surface area (Å²) < 4.78 is 26.2. The average molecular weight is 277 g/mol. The van der Waals surface area contributed by atoms with Crippen molar-refractivity contribution in [2.75, 3.05) is 42.3 Å². The molecule has 0 rings (SSSR count). The van der Waals surface area contributed by atoms with Crippen LogP contribution in [0.1, 0.15) is 0 Å². The van der Waals surface area contributed by atoms with Gasteiger partial charge in [-0.1, -0.05) is 0 Å². The van der Waals surface area contributed by atoms with Crippen molar-refractivity contribution in [3.63, 3.8) is 0 Å². The molecule has 0 heterocycles. The fourth-order valence-corrected chi connectivity index (χ4v) is 3.22. The van der Waals surface area contributed by atoms with E-state index < -0.39 is 15.4 Å². The van der Waals surface area contributed by atoms with Crippen LogP contribution in [-0.4, -0.2) is 71.0 Å². The molecule has 0 spiro atoms. The molecule has 0 fully saturated rings. The Kier molecular flexibility index (Phi) is 7.94. The molecule has 0 atom stereocenters. The minimum Gasteiger partial charge on any atom is -0.303 e. The molecule has 10 heteroatoms. The van der Waals surface area contributed by atoms with Gasteiger partial charge in [-0.25, -0.2) is 18.6 Å². The van der Waals surface area contributed by atoms with Crippen LogP contribution in [-0.2, 0) is 9.13 Å². The smallest absolute Gasteiger partial charge is 0.303 e. The predicted octanol–water partition coefficient (Wildman–Crippen LogP) is -0.149. The molecule has 0 radical (unpaired) electrons. The summed E-state index contributed by atoms with van der Waals surface area (Å²) in [6.07, 6.45) is 0. The quantitative estimate of drug-likeness (QED) is 0.612. The monoisotopic (exact) mass is 277 g/mol. The van der Waals surface area contributed by atoms with Crippen molar-refractivity contribution in [1.29, 1.82) is 0 Å². The molecule has 0 saturated heterocycles. The van der Waals surface area contributed by atoms with E-state index in [4.69, 9.17) is 19.2 Å². The summed E-state index contributed by atoms with van der Waals surface area (Å²) in [5.41, 5.74) is 0. The maximum absolute atomic E-state index is 12.1. The summed E-state index contributed by atoms with van der Waals surface area (Å²) in [5, 5.41) is 0. The normalized spacial score (nSPS) is 13.0. The number of hydrogen-bond acceptors (Lipinski definition) is 2. The van der Waals surface area contributed by atoms with E-state index in [1.165, 1.54) is 0 Å². The van der Waals surface area contributed by atoms with Crippen molar-refractivity contribution in [2.45, 2.75) is 0 Å². The lowest BCUT2D eigenvalue weighted by Crippen LogP contribution is -2.30. The highest BCUT2D eigenvalue weighted by molar-refractivity contribution is 7.56. The zero-order chi connectivity index (χ0) is 13.7. The topological polar surface area (TPSA) is 105 Å². The van der Waals surface area contributed by atoms with Gasteiger partial charge in [-0.3, -0.25) is 4.57 Å². The first kappa shape index (κ1) is 18.6. The standard InChI is InChI=1S/C6H18N3OP.H3O4P/c1-7(2)11(10,8(3)4)9(5)6;1-5(2,3)4/h1-6H3;(H3,1,2,3,4). The van der Waals surface area contributed by atoms with Gasteiger partial charge in [0.05, 0.1) is 0 Å². The van der Waals surface area contributed by atoms with Gasteiger partial charge in [0.2, 0.25) is 0 Å². The van der Waals surface area contributed by atoms with Crippen molar-refractivity contribution < 1.29 is 23.8 Å². The van der Waals surface area contributed by atoms with Gasteiger partial charge in [-0.2, -0.15) is 0 Å². The lowest BCUT2D eigenvalue weighted by atomic mass is 11.2. The fourth-order valence-electron chi connectivity index (χ4n) is 1.07. The summed E-state index contributed by atoms with van der Waals surface area (Å²) in [5.74, 6) is 0. The highest BCUT2D eigenvalue weighted by atomic mass is 31.2. The summed E-state index contributed by atoms with van der Waals surface area (Å²) in [6, 6.07) is 0. The maximum atomic E-state index is 12.1. The molecule has 0 aromatic carbocycles. The van der Waals surface area contributed by atoms with Crippen molar-refractivity contribution in [3.8, 4) is 0 Å². The van der Waals surface area contributed by atoms with Crippen molar-refractivity contribution in [1.82, 2.24) is 14.0 Å². The Labute approximate surface area is 96.2 Å². The lowest BCUT2D eigenvalue weighted by Gasteiger charge is -2.34. The second-order valence-corrected chi connectivity index (χ2v) is 8.02. The summed E-state index contributed by atoms with van der Waals surface area (Å²) in [6.45, 7) is 0. The molecule has 100 valence electrons. The molecule has 8 nitrogen and oxygen atoms in total. The number of hydrogen-bond donors (Lipinski definition) is 3. The van der Waals surface area contributed by atoms with Crippen LogP contribution in [0, 0.1) is 0 Å². The first-order valence-corrected chi connectivity index (χ1v) is 7.38. The Morgan fingerprint density at radius 3 is 0.812 bits per heavy atom. The van der Waals surface area contributed by atoms with E-state index in [1.54, 1.807) is 14.0 Å². The fraction of sp³-hybridized carbons (Fsp3) is 1.00. The second-order valence-electron chi connectivity index (χ2n) is 3.57. The maximum Gasteiger partial charge on any atom is 0.466 e. The summed E-state index contributed by atoms with van der Waals surface area (Å²) in [4.78, 5) is 21.6. The van der Waals surface area contributed by atoms with Crippen LogP contribution < -0.4 is 0 Å². The average Bonchev–Trinajstić information content (AvgIpc) is 1.98. The van der Waals surface area contributed by atoms with Gasteiger partial charge in [0.1, 0.15) is 0 Å². The Morgan fingerprint density at radius 2 is 0.812 bits per heavy atom. The molecule has 0 aliphatic carbocycles. The van der Waals surface area contributed by atoms with Crippen LogP contribution in [0.25, 0.3) is 0 Å². The van der Waals surface area contributed by atoms with Crippen LogP contribution in [0.15, 0.2) is 0 Å². The van der Waals surface area contributed by atoms with Crippen molar-refractivity contribution in [3.05, 3.63) is 0 Å². The number of rotatable bonds is 3. The Hall–Kier alpha value is 0.220. The van der Waals surface area contributed by atoms with Crippen LogP contribution in [0.5, 0.6) is 0 Å². The van der Waals surface area contributed by atoms with E-state index in [-0.39, 0.29) is 0 Å². The van der Waals surface area contributed by atoms with Gasteiger partial charge in [0.25, 0.3) is 7.59 Å². The van der Waals surface area contributed by atoms with E-state index in [1.807, 2.05) is 42.3 Å². The first-order valence-electron chi connectivity index (χ1n) is 4.25. The van der Waals surface area contributed by atoms with Crippen molar-refractivity contribution in [2.24, 2.45) is 0 Å². The van der Waals surface area contributed by atoms with E-state index in [0.717, 1.165) is 0 Å². The van der Waals surface area contributed by atoms with E-state index in [2.05, 4.69) is 0 Å². The molecular weight excluding hydrogens is 256 g/mol. The summed E-state index contributed by atoms with van der Waals surface area (Å²) in [7, 11) is 3.85. The van der Waals surface area contributed by atoms with Gasteiger partial charge in [-0.15, -0.1) is 0 Å². The minimum atomic E-state index is -4.64. The van der Waals surface area contributed by atoms with E-state index in [0.29, 0.717) is 0 Å². The third-order valence-corrected chi connectivity index (χ3v) is 4.69. The van der Waals surface area contributed by atoms with E-state index in [9.17, 15) is 4.57 Å². The van der Waals surface area contributed by atoms with Crippen LogP contribution in [0.4, 0.5) is 0 Å². The number of phosphoric acid groups is 1. The first-order chi connectivity index (χ1) is 6.83. The third kappa shape index (κ3) is 7.49. The van der Waals surface area contributed by atoms with Crippen LogP contribution in [0.3, 0.4) is 0 Å². The molecule has 0 aliphatic heterocycles. The highest BCUT2D eigenvalue weighted by Gasteiger charge is 2.30. The lowest BCUT2D eigenvalue weighted by molar-refractivity contribution is 0.275. The Balaban J connectivity index is 0. The largest absolute Gasteiger partial charge is 0.466 e. The zero-order valence-corrected chi connectivity index (χ0v) is 12.2. The molecule has 0 bridgehead atoms. The van der Waals surface area contributed by atoms with Gasteiger partial charge in [0, 0.05) is 0 Å². The second kappa shape index (κ2) is 6.83. The molecule has 0 saturated carbocycles. The molecular formula is C6H21N3O5P2. The molecule has 0 aliphatic rings. The number of nitrogens with zero attached hydrogens (tertiary/aromatic N) is 3. The molecule has 0 aromatic heterocycles. The Morgan fingerprint density at radius 1 is 0.688 bits per heavy atom. The predicted molar refractivity (Wildman–Crippen MR) is 62.9 cm³/mol. The van der Waals surface area contributed by atoms with E-state index >= 15 is 0 Å². The van der Waals surface area contributed by atoms with Gasteiger partial charge in [-0.05, 0) is 42.3 Å². The minimum absolute atomic E-state index is 1.74. The third-order valence-electron chi connectivity index (χ3n) is 1.56. The molecule has 16 heavy (non-hydrogen) atoms. The SMILES string of the molecule is CN(C)P(=O)(N(C)C)N(C)C.O=P(O)(O)O. The van der Waals surface area contributed by atoms with Crippen LogP contribution in [0.2, 0.25) is 0 Å². The molecule has 0 unspecified atom stereocenters. The molecule has 0 aromatic rings. The van der Waals surface area contributed by atoms with Crippen LogP contribution >= 0.6 is 15.4 Å². The van der Waals surface area contributed by atoms with Gasteiger partial charge in [0.15, 0.2) is 0 Å². The summed E-state index contributed by atoms with van der Waals surface area (Å²) >= 11 is 0. The van der Waals surface area contributed by atoms with Crippen molar-refractivity contribution >= 4 is 15.4 Å². The molecule has 3 N–H and O–H groups in total. The zero-order valence-electron chi connectivity index (χ0n) is 10.4. The van der Waals surface area contributed by atoms with Gasteiger partial charge >= 0.3 is 7.82 Å². The van der Waals surface area contributed by atoms with Gasteiger partial charge < -0.3 is 14.7 Å². The highest BCUT2D eigenvalue weighted by Crippen LogP contribution is 2.50. The Bertz CT molecular complexity index is 251. The molecule has 0 amide bonds.